The van der Waals surface area contributed by atoms with E-state index in [2.05, 4.69) is 17.3 Å². The summed E-state index contributed by atoms with van der Waals surface area (Å²) in [5.74, 6) is 0.874. The minimum absolute atomic E-state index is 0.00628. The average molecular weight is 484 g/mol. The molecular weight excluding hydrogens is 458 g/mol. The molecule has 5 rings (SSSR count). The number of ketones is 1. The monoisotopic (exact) mass is 483 g/mol. The molecule has 0 bridgehead atoms. The van der Waals surface area contributed by atoms with Crippen molar-refractivity contribution >= 4 is 23.5 Å². The number of aromatic nitrogens is 1. The zero-order valence-electron chi connectivity index (χ0n) is 19.4. The Balaban J connectivity index is 1.30. The van der Waals surface area contributed by atoms with Crippen LogP contribution in [0.25, 0.3) is 22.5 Å². The van der Waals surface area contributed by atoms with Crippen LogP contribution in [-0.2, 0) is 16.0 Å². The van der Waals surface area contributed by atoms with Crippen molar-refractivity contribution in [3.8, 4) is 22.5 Å². The zero-order chi connectivity index (χ0) is 24.4. The number of aliphatic carboxylic acids is 1. The molecule has 1 aliphatic carbocycles. The quantitative estimate of drug-likeness (QED) is 0.272. The summed E-state index contributed by atoms with van der Waals surface area (Å²) in [5.41, 5.74) is 5.28. The van der Waals surface area contributed by atoms with Gasteiger partial charge in [0, 0.05) is 11.3 Å². The number of carboxylic acids is 1. The third kappa shape index (κ3) is 4.66. The molecule has 0 atom stereocenters. The Morgan fingerprint density at radius 3 is 2.11 bits per heavy atom. The highest BCUT2D eigenvalue weighted by atomic mass is 32.2. The number of carbonyl (C=O) groups is 2. The molecular formula is C29H25NO4S. The van der Waals surface area contributed by atoms with E-state index < -0.39 is 11.4 Å². The molecule has 0 unspecified atom stereocenters. The molecule has 176 valence electrons. The van der Waals surface area contributed by atoms with Crippen molar-refractivity contribution in [1.82, 2.24) is 5.16 Å². The van der Waals surface area contributed by atoms with Crippen LogP contribution >= 0.6 is 11.8 Å². The lowest BCUT2D eigenvalue weighted by atomic mass is 9.93. The lowest BCUT2D eigenvalue weighted by Crippen LogP contribution is -2.19. The van der Waals surface area contributed by atoms with Crippen LogP contribution in [0.15, 0.2) is 83.4 Å². The van der Waals surface area contributed by atoms with Gasteiger partial charge in [0.25, 0.3) is 0 Å². The van der Waals surface area contributed by atoms with E-state index in [0.717, 1.165) is 28.0 Å². The van der Waals surface area contributed by atoms with Crippen LogP contribution in [0.2, 0.25) is 0 Å². The number of aryl methyl sites for hydroxylation is 1. The first kappa shape index (κ1) is 23.1. The van der Waals surface area contributed by atoms with E-state index in [9.17, 15) is 14.7 Å². The highest BCUT2D eigenvalue weighted by Crippen LogP contribution is 2.48. The number of rotatable bonds is 9. The smallest absolute Gasteiger partial charge is 0.314 e. The van der Waals surface area contributed by atoms with E-state index in [4.69, 9.17) is 4.52 Å². The van der Waals surface area contributed by atoms with Crippen molar-refractivity contribution in [1.29, 1.82) is 0 Å². The fourth-order valence-corrected chi connectivity index (χ4v) is 5.21. The summed E-state index contributed by atoms with van der Waals surface area (Å²) in [7, 11) is 0. The molecule has 1 aromatic heterocycles. The molecule has 0 aliphatic heterocycles. The second-order valence-electron chi connectivity index (χ2n) is 8.92. The summed E-state index contributed by atoms with van der Waals surface area (Å²) in [6, 6.07) is 25.6. The van der Waals surface area contributed by atoms with Gasteiger partial charge in [0.2, 0.25) is 0 Å². The number of hydrogen-bond donors (Lipinski definition) is 1. The molecule has 1 aliphatic rings. The number of carboxylic acid groups (broad SMARTS) is 1. The summed E-state index contributed by atoms with van der Waals surface area (Å²) in [6.07, 6.45) is 1.39. The third-order valence-electron chi connectivity index (χ3n) is 6.56. The van der Waals surface area contributed by atoms with Gasteiger partial charge < -0.3 is 9.63 Å². The fourth-order valence-electron chi connectivity index (χ4n) is 4.35. The Morgan fingerprint density at radius 2 is 1.51 bits per heavy atom. The van der Waals surface area contributed by atoms with Gasteiger partial charge in [-0.2, -0.15) is 0 Å². The van der Waals surface area contributed by atoms with E-state index >= 15 is 0 Å². The van der Waals surface area contributed by atoms with E-state index in [-0.39, 0.29) is 5.78 Å². The van der Waals surface area contributed by atoms with Gasteiger partial charge in [0.15, 0.2) is 11.5 Å². The molecule has 1 heterocycles. The first-order chi connectivity index (χ1) is 17.0. The largest absolute Gasteiger partial charge is 0.481 e. The van der Waals surface area contributed by atoms with E-state index in [1.54, 1.807) is 18.7 Å². The Kier molecular flexibility index (Phi) is 6.31. The Morgan fingerprint density at radius 1 is 0.914 bits per heavy atom. The highest BCUT2D eigenvalue weighted by molar-refractivity contribution is 7.99. The van der Waals surface area contributed by atoms with Gasteiger partial charge in [0.05, 0.1) is 22.4 Å². The van der Waals surface area contributed by atoms with Crippen molar-refractivity contribution in [2.75, 3.05) is 5.75 Å². The standard InChI is InChI=1S/C29H25NO4S/c1-19-26(25(31)18-35-17-20-5-3-2-4-6-20)27(34-30-19)23-9-7-21(8-10-23)22-11-13-24(14-12-22)29(15-16-29)28(32)33/h2-14H,15-18H2,1H3,(H,32,33). The topological polar surface area (TPSA) is 80.4 Å². The second-order valence-corrected chi connectivity index (χ2v) is 9.90. The number of hydrogen-bond acceptors (Lipinski definition) is 5. The maximum atomic E-state index is 13.0. The minimum atomic E-state index is -0.749. The Bertz CT molecular complexity index is 1350. The van der Waals surface area contributed by atoms with Crippen LogP contribution in [0, 0.1) is 6.92 Å². The normalized spacial score (nSPS) is 14.0. The van der Waals surface area contributed by atoms with Crippen molar-refractivity contribution in [3.05, 3.63) is 101 Å². The van der Waals surface area contributed by atoms with Crippen molar-refractivity contribution in [3.63, 3.8) is 0 Å². The second kappa shape index (κ2) is 9.55. The summed E-state index contributed by atoms with van der Waals surface area (Å²) >= 11 is 1.58. The molecule has 0 amide bonds. The number of nitrogens with zero attached hydrogens (tertiary/aromatic N) is 1. The van der Waals surface area contributed by atoms with Gasteiger partial charge in [0.1, 0.15) is 0 Å². The SMILES string of the molecule is Cc1noc(-c2ccc(-c3ccc(C4(C(=O)O)CC4)cc3)cc2)c1C(=O)CSCc1ccccc1. The van der Waals surface area contributed by atoms with Crippen LogP contribution in [0.1, 0.15) is 40.0 Å². The first-order valence-electron chi connectivity index (χ1n) is 11.5. The van der Waals surface area contributed by atoms with Crippen LogP contribution in [0.3, 0.4) is 0 Å². The molecule has 5 nitrogen and oxygen atoms in total. The van der Waals surface area contributed by atoms with E-state index in [0.29, 0.717) is 35.6 Å². The summed E-state index contributed by atoms with van der Waals surface area (Å²) in [6.45, 7) is 1.79. The summed E-state index contributed by atoms with van der Waals surface area (Å²) in [4.78, 5) is 24.6. The van der Waals surface area contributed by atoms with Gasteiger partial charge in [-0.15, -0.1) is 11.8 Å². The van der Waals surface area contributed by atoms with Gasteiger partial charge in [-0.25, -0.2) is 0 Å². The number of carbonyl (C=O) groups excluding carboxylic acids is 1. The number of thioether (sulfide) groups is 1. The van der Waals surface area contributed by atoms with Crippen LogP contribution < -0.4 is 0 Å². The van der Waals surface area contributed by atoms with Crippen molar-refractivity contribution < 1.29 is 19.2 Å². The van der Waals surface area contributed by atoms with Crippen molar-refractivity contribution in [2.24, 2.45) is 0 Å². The molecule has 4 aromatic rings. The number of Topliss-reactive ketones (excluding diaryl/α,β-unsaturated/α-hetero) is 1. The molecule has 3 aromatic carbocycles. The minimum Gasteiger partial charge on any atom is -0.481 e. The first-order valence-corrected chi connectivity index (χ1v) is 12.7. The van der Waals surface area contributed by atoms with Gasteiger partial charge in [-0.1, -0.05) is 84.0 Å². The molecule has 0 saturated heterocycles. The Labute approximate surface area is 208 Å². The maximum absolute atomic E-state index is 13.0. The third-order valence-corrected chi connectivity index (χ3v) is 7.57. The van der Waals surface area contributed by atoms with Gasteiger partial charge in [-0.05, 0) is 42.0 Å². The molecule has 1 saturated carbocycles. The zero-order valence-corrected chi connectivity index (χ0v) is 20.2. The summed E-state index contributed by atoms with van der Waals surface area (Å²) < 4.78 is 5.56. The lowest BCUT2D eigenvalue weighted by Gasteiger charge is -2.11. The lowest BCUT2D eigenvalue weighted by molar-refractivity contribution is -0.140. The Hall–Kier alpha value is -3.64. The molecule has 0 radical (unpaired) electrons. The van der Waals surface area contributed by atoms with E-state index in [1.165, 1.54) is 5.56 Å². The highest BCUT2D eigenvalue weighted by Gasteiger charge is 2.51. The van der Waals surface area contributed by atoms with Crippen LogP contribution in [-0.4, -0.2) is 27.8 Å². The predicted molar refractivity (Wildman–Crippen MR) is 138 cm³/mol. The molecule has 35 heavy (non-hydrogen) atoms. The molecule has 0 spiro atoms. The van der Waals surface area contributed by atoms with Gasteiger partial charge in [-0.3, -0.25) is 9.59 Å². The molecule has 1 N–H and O–H groups in total. The average Bonchev–Trinajstić information content (AvgIpc) is 3.61. The number of benzene rings is 3. The van der Waals surface area contributed by atoms with Gasteiger partial charge >= 0.3 is 5.97 Å². The summed E-state index contributed by atoms with van der Waals surface area (Å²) in [5, 5.41) is 13.6. The molecule has 6 heteroatoms. The predicted octanol–water partition coefficient (Wildman–Crippen LogP) is 6.55. The van der Waals surface area contributed by atoms with E-state index in [1.807, 2.05) is 66.7 Å². The fraction of sp³-hybridized carbons (Fsp3) is 0.207. The van der Waals surface area contributed by atoms with Crippen molar-refractivity contribution in [2.45, 2.75) is 30.9 Å². The van der Waals surface area contributed by atoms with Crippen LogP contribution in [0.4, 0.5) is 0 Å². The molecule has 1 fully saturated rings. The van der Waals surface area contributed by atoms with Crippen LogP contribution in [0.5, 0.6) is 0 Å². The maximum Gasteiger partial charge on any atom is 0.314 e.